The molecule has 3 rings (SSSR count). The number of aryl methyl sites for hydroxylation is 1. The van der Waals surface area contributed by atoms with Crippen LogP contribution in [0, 0.1) is 17.0 Å². The smallest absolute Gasteiger partial charge is 1.00 e. The minimum atomic E-state index is -4.54. The van der Waals surface area contributed by atoms with Crippen molar-refractivity contribution < 1.29 is 48.9 Å². The maximum Gasteiger partial charge on any atom is 1.00 e. The molecule has 0 bridgehead atoms. The number of benzene rings is 3. The second-order valence-electron chi connectivity index (χ2n) is 5.78. The van der Waals surface area contributed by atoms with Crippen LogP contribution in [0.1, 0.15) is 6.99 Å². The van der Waals surface area contributed by atoms with Crippen LogP contribution in [-0.4, -0.2) is 17.9 Å². The molecule has 0 radical (unpaired) electrons. The molecular weight excluding hydrogens is 395 g/mol. The molecule has 0 fully saturated rings. The first-order valence-electron chi connectivity index (χ1n) is 7.64. The summed E-state index contributed by atoms with van der Waals surface area (Å²) in [4.78, 5) is 10.2. The van der Waals surface area contributed by atoms with E-state index in [0.717, 1.165) is 6.07 Å². The molecule has 0 saturated carbocycles. The average molecular weight is 410 g/mol. The van der Waals surface area contributed by atoms with Gasteiger partial charge in [-0.05, 0) is 24.6 Å². The Morgan fingerprint density at radius 2 is 1.68 bits per heavy atom. The van der Waals surface area contributed by atoms with Gasteiger partial charge >= 0.3 is 29.6 Å². The van der Waals surface area contributed by atoms with E-state index in [1.54, 1.807) is 31.2 Å². The van der Waals surface area contributed by atoms with E-state index < -0.39 is 15.0 Å². The van der Waals surface area contributed by atoms with Crippen LogP contribution in [0.3, 0.4) is 0 Å². The number of hydrogen-bond donors (Lipinski definition) is 2. The molecule has 28 heavy (non-hydrogen) atoms. The number of nitro groups is 1. The minimum Gasteiger partial charge on any atom is -1.00 e. The fourth-order valence-corrected chi connectivity index (χ4v) is 3.34. The van der Waals surface area contributed by atoms with Gasteiger partial charge in [-0.2, -0.15) is 8.42 Å². The molecule has 0 aromatic heterocycles. The third-order valence-corrected chi connectivity index (χ3v) is 4.79. The van der Waals surface area contributed by atoms with E-state index in [0.29, 0.717) is 10.9 Å². The molecule has 0 aliphatic rings. The first kappa shape index (κ1) is 21.9. The van der Waals surface area contributed by atoms with Crippen molar-refractivity contribution in [3.8, 4) is 0 Å². The van der Waals surface area contributed by atoms with Crippen molar-refractivity contribution in [1.82, 2.24) is 0 Å². The molecule has 9 nitrogen and oxygen atoms in total. The molecule has 11 heteroatoms. The Morgan fingerprint density at radius 1 is 1.07 bits per heavy atom. The normalized spacial score (nSPS) is 11.5. The second-order valence-corrected chi connectivity index (χ2v) is 7.17. The molecule has 0 spiro atoms. The van der Waals surface area contributed by atoms with E-state index in [2.05, 4.69) is 10.2 Å². The van der Waals surface area contributed by atoms with Crippen LogP contribution >= 0.6 is 0 Å². The number of azo groups is 1. The van der Waals surface area contributed by atoms with E-state index >= 15 is 0 Å². The van der Waals surface area contributed by atoms with Gasteiger partial charge in [0.1, 0.15) is 10.6 Å². The van der Waals surface area contributed by atoms with Crippen molar-refractivity contribution in [2.45, 2.75) is 11.8 Å². The third kappa shape index (κ3) is 4.37. The van der Waals surface area contributed by atoms with Crippen LogP contribution in [0.5, 0.6) is 0 Å². The van der Waals surface area contributed by atoms with Gasteiger partial charge in [-0.3, -0.25) is 14.7 Å². The summed E-state index contributed by atoms with van der Waals surface area (Å²) in [5, 5.41) is 19.5. The number of nitrogens with zero attached hydrogens (tertiary/aromatic N) is 3. The van der Waals surface area contributed by atoms with Gasteiger partial charge in [-0.15, -0.1) is 10.2 Å². The van der Waals surface area contributed by atoms with Crippen molar-refractivity contribution in [1.29, 1.82) is 0 Å². The molecule has 0 unspecified atom stereocenters. The zero-order valence-corrected chi connectivity index (χ0v) is 17.8. The summed E-state index contributed by atoms with van der Waals surface area (Å²) < 4.78 is 32.9. The van der Waals surface area contributed by atoms with Crippen molar-refractivity contribution in [3.05, 3.63) is 64.2 Å². The molecule has 0 heterocycles. The predicted octanol–water partition coefficient (Wildman–Crippen LogP) is 1.42. The summed E-state index contributed by atoms with van der Waals surface area (Å²) in [7, 11) is -4.54. The van der Waals surface area contributed by atoms with E-state index in [4.69, 9.17) is 5.73 Å². The van der Waals surface area contributed by atoms with E-state index in [1.165, 1.54) is 18.2 Å². The van der Waals surface area contributed by atoms with E-state index in [-0.39, 0.29) is 64.0 Å². The molecule has 3 N–H and O–H groups in total. The van der Waals surface area contributed by atoms with Gasteiger partial charge in [0.2, 0.25) is 0 Å². The third-order valence-electron chi connectivity index (χ3n) is 3.90. The number of nitro benzene ring substituents is 1. The van der Waals surface area contributed by atoms with E-state index in [1.807, 2.05) is 0 Å². The zero-order chi connectivity index (χ0) is 19.8. The fraction of sp³-hybridized carbons (Fsp3) is 0.0588. The molecule has 0 aliphatic heterocycles. The summed E-state index contributed by atoms with van der Waals surface area (Å²) in [6.45, 7) is 1.70. The van der Waals surface area contributed by atoms with Gasteiger partial charge in [0.05, 0.1) is 10.6 Å². The monoisotopic (exact) mass is 410 g/mol. The van der Waals surface area contributed by atoms with Crippen molar-refractivity contribution in [3.63, 3.8) is 0 Å². The summed E-state index contributed by atoms with van der Waals surface area (Å²) in [5.41, 5.74) is 6.59. The summed E-state index contributed by atoms with van der Waals surface area (Å²) in [6, 6.07) is 11.8. The standard InChI is InChI=1S/C17H14N4O5S.Na.H/c1-10-6-7-13(15(8-10)21(22)23)19-20-14-9-16(27(24,25)26)11-4-2-3-5-12(11)17(14)18;;/h2-9H,18H2,1H3,(H,24,25,26);;/q;+1;-1. The molecule has 0 atom stereocenters. The van der Waals surface area contributed by atoms with Crippen LogP contribution < -0.4 is 35.3 Å². The Kier molecular flexibility index (Phi) is 6.52. The maximum absolute atomic E-state index is 11.7. The van der Waals surface area contributed by atoms with Crippen LogP contribution in [0.4, 0.5) is 22.7 Å². The first-order valence-corrected chi connectivity index (χ1v) is 9.08. The Morgan fingerprint density at radius 3 is 2.29 bits per heavy atom. The molecular formula is C17H15N4NaO5S. The Balaban J connectivity index is 0.00000210. The molecule has 3 aromatic rings. The summed E-state index contributed by atoms with van der Waals surface area (Å²) in [6.07, 6.45) is 0. The Bertz CT molecular complexity index is 1220. The SMILES string of the molecule is Cc1ccc(N=Nc2cc(S(=O)(=O)O)c3ccccc3c2N)c([N+](=O)[O-])c1.[H-].[Na+]. The Labute approximate surface area is 184 Å². The number of anilines is 1. The number of nitrogen functional groups attached to an aromatic ring is 1. The van der Waals surface area contributed by atoms with Gasteiger partial charge in [0.25, 0.3) is 15.8 Å². The van der Waals surface area contributed by atoms with Gasteiger partial charge in [0.15, 0.2) is 5.69 Å². The van der Waals surface area contributed by atoms with E-state index in [9.17, 15) is 23.1 Å². The predicted molar refractivity (Wildman–Crippen MR) is 101 cm³/mol. The Hall–Kier alpha value is -2.37. The van der Waals surface area contributed by atoms with Crippen LogP contribution in [0.2, 0.25) is 0 Å². The minimum absolute atomic E-state index is 0. The molecule has 0 amide bonds. The number of hydrogen-bond acceptors (Lipinski definition) is 7. The molecule has 140 valence electrons. The maximum atomic E-state index is 11.7. The summed E-state index contributed by atoms with van der Waals surface area (Å²) in [5.74, 6) is 0. The van der Waals surface area contributed by atoms with Gasteiger partial charge in [-0.1, -0.05) is 30.3 Å². The van der Waals surface area contributed by atoms with Crippen molar-refractivity contribution in [2.75, 3.05) is 5.73 Å². The van der Waals surface area contributed by atoms with Gasteiger partial charge in [0, 0.05) is 16.8 Å². The van der Waals surface area contributed by atoms with Crippen LogP contribution in [-0.2, 0) is 10.1 Å². The number of rotatable bonds is 4. The zero-order valence-electron chi connectivity index (χ0n) is 16.0. The second kappa shape index (κ2) is 8.33. The largest absolute Gasteiger partial charge is 1.00 e. The van der Waals surface area contributed by atoms with Crippen molar-refractivity contribution >= 4 is 43.6 Å². The number of fused-ring (bicyclic) bond motifs is 1. The first-order chi connectivity index (χ1) is 12.7. The average Bonchev–Trinajstić information content (AvgIpc) is 2.61. The summed E-state index contributed by atoms with van der Waals surface area (Å²) >= 11 is 0. The van der Waals surface area contributed by atoms with Gasteiger partial charge < -0.3 is 7.16 Å². The quantitative estimate of drug-likeness (QED) is 0.166. The van der Waals surface area contributed by atoms with Crippen LogP contribution in [0.25, 0.3) is 10.8 Å². The molecule has 3 aromatic carbocycles. The molecule has 0 saturated heterocycles. The topological polar surface area (TPSA) is 148 Å². The fourth-order valence-electron chi connectivity index (χ4n) is 2.62. The van der Waals surface area contributed by atoms with Crippen LogP contribution in [0.15, 0.2) is 63.7 Å². The molecule has 0 aliphatic carbocycles. The van der Waals surface area contributed by atoms with Crippen molar-refractivity contribution in [2.24, 2.45) is 10.2 Å². The number of nitrogens with two attached hydrogens (primary N) is 1. The van der Waals surface area contributed by atoms with Gasteiger partial charge in [-0.25, -0.2) is 0 Å².